The predicted molar refractivity (Wildman–Crippen MR) is 263 cm³/mol. The highest BCUT2D eigenvalue weighted by Gasteiger charge is 2.07. The Kier molecular flexibility index (Phi) is 18.7. The highest BCUT2D eigenvalue weighted by Crippen LogP contribution is 2.23. The van der Waals surface area contributed by atoms with Crippen molar-refractivity contribution in [2.45, 2.75) is 45.4 Å². The van der Waals surface area contributed by atoms with Crippen molar-refractivity contribution in [3.63, 3.8) is 0 Å². The number of amides is 3. The van der Waals surface area contributed by atoms with Crippen molar-refractivity contribution in [3.05, 3.63) is 255 Å². The van der Waals surface area contributed by atoms with Gasteiger partial charge in [0.25, 0.3) is 11.1 Å². The molecule has 344 valence electrons. The van der Waals surface area contributed by atoms with Gasteiger partial charge in [-0.05, 0) is 83.6 Å². The van der Waals surface area contributed by atoms with Crippen LogP contribution >= 0.6 is 0 Å². The van der Waals surface area contributed by atoms with Gasteiger partial charge in [-0.1, -0.05) is 115 Å². The monoisotopic (exact) mass is 909 g/mol. The molecule has 0 aliphatic rings. The number of anilines is 1. The normalized spacial score (nSPS) is 10.2. The molecule has 8 rings (SSSR count). The Balaban J connectivity index is 0.000000169. The first-order valence-corrected chi connectivity index (χ1v) is 21.9. The van der Waals surface area contributed by atoms with Crippen LogP contribution in [-0.2, 0) is 47.0 Å². The average molecular weight is 910 g/mol. The first-order chi connectivity index (χ1) is 33.2. The molecule has 0 aliphatic heterocycles. The van der Waals surface area contributed by atoms with Crippen LogP contribution in [0.25, 0.3) is 11.1 Å². The maximum Gasteiger partial charge on any atom is 0.250 e. The van der Waals surface area contributed by atoms with E-state index < -0.39 is 0 Å². The number of carbonyl (C=O) groups is 3. The molecule has 0 aliphatic carbocycles. The van der Waals surface area contributed by atoms with Crippen LogP contribution < -0.4 is 37.2 Å². The second kappa shape index (κ2) is 26.2. The van der Waals surface area contributed by atoms with E-state index in [2.05, 4.69) is 40.2 Å². The maximum absolute atomic E-state index is 12.0. The summed E-state index contributed by atoms with van der Waals surface area (Å²) in [5.41, 5.74) is 4.68. The van der Waals surface area contributed by atoms with Gasteiger partial charge in [0.2, 0.25) is 17.7 Å². The third-order valence-electron chi connectivity index (χ3n) is 10.0. The van der Waals surface area contributed by atoms with Crippen molar-refractivity contribution < 1.29 is 23.5 Å². The smallest absolute Gasteiger partial charge is 0.250 e. The van der Waals surface area contributed by atoms with Crippen molar-refractivity contribution in [1.82, 2.24) is 19.8 Å². The Morgan fingerprint density at radius 3 is 1.66 bits per heavy atom. The largest absolute Gasteiger partial charge is 0.467 e. The summed E-state index contributed by atoms with van der Waals surface area (Å²) >= 11 is 0. The zero-order valence-corrected chi connectivity index (χ0v) is 37.2. The predicted octanol–water partition coefficient (Wildman–Crippen LogP) is 8.39. The number of pyridine rings is 2. The first kappa shape index (κ1) is 48.6. The van der Waals surface area contributed by atoms with Gasteiger partial charge in [0.05, 0.1) is 12.8 Å². The summed E-state index contributed by atoms with van der Waals surface area (Å²) in [6.07, 6.45) is 6.67. The Bertz CT molecular complexity index is 2990. The van der Waals surface area contributed by atoms with Crippen molar-refractivity contribution in [1.29, 1.82) is 0 Å². The summed E-state index contributed by atoms with van der Waals surface area (Å²) in [6, 6.07) is 57.1. The van der Waals surface area contributed by atoms with Gasteiger partial charge in [-0.2, -0.15) is 0 Å². The number of aryl methyl sites for hydroxylation is 1. The van der Waals surface area contributed by atoms with Gasteiger partial charge in [0.1, 0.15) is 30.3 Å². The van der Waals surface area contributed by atoms with Gasteiger partial charge in [-0.3, -0.25) is 28.8 Å². The van der Waals surface area contributed by atoms with Gasteiger partial charge in [0, 0.05) is 55.3 Å². The number of rotatable bonds is 16. The molecular formula is C55H51N5O8. The van der Waals surface area contributed by atoms with Gasteiger partial charge in [-0.15, -0.1) is 0 Å². The molecule has 68 heavy (non-hydrogen) atoms. The molecule has 0 saturated carbocycles. The number of carbonyl (C=O) groups excluding carboxylic acids is 3. The van der Waals surface area contributed by atoms with Crippen LogP contribution in [0.4, 0.5) is 5.69 Å². The van der Waals surface area contributed by atoms with Gasteiger partial charge < -0.3 is 34.2 Å². The number of para-hydroxylation sites is 1. The molecule has 3 amide bonds. The minimum atomic E-state index is -0.264. The fourth-order valence-electron chi connectivity index (χ4n) is 6.52. The van der Waals surface area contributed by atoms with E-state index in [-0.39, 0.29) is 53.9 Å². The van der Waals surface area contributed by atoms with Crippen LogP contribution in [0, 0.1) is 0 Å². The van der Waals surface area contributed by atoms with Gasteiger partial charge in [-0.25, -0.2) is 0 Å². The molecule has 0 fully saturated rings. The molecule has 13 heteroatoms. The lowest BCUT2D eigenvalue weighted by atomic mass is 10.0. The molecule has 0 saturated heterocycles. The van der Waals surface area contributed by atoms with Crippen LogP contribution in [0.1, 0.15) is 29.7 Å². The molecule has 3 heterocycles. The molecule has 0 unspecified atom stereocenters. The summed E-state index contributed by atoms with van der Waals surface area (Å²) in [5, 5.41) is 8.33. The number of benzene rings is 5. The Morgan fingerprint density at radius 2 is 1.04 bits per heavy atom. The summed E-state index contributed by atoms with van der Waals surface area (Å²) in [6.45, 7) is 0.694. The number of hydrogen-bond acceptors (Lipinski definition) is 8. The van der Waals surface area contributed by atoms with E-state index in [0.29, 0.717) is 30.2 Å². The topological polar surface area (TPSA) is 171 Å². The first-order valence-electron chi connectivity index (χ1n) is 21.9. The maximum atomic E-state index is 12.0. The minimum Gasteiger partial charge on any atom is -0.467 e. The Labute approximate surface area is 393 Å². The minimum absolute atomic E-state index is 0.0259. The number of ether oxygens (including phenoxy) is 1. The molecule has 8 aromatic rings. The lowest BCUT2D eigenvalue weighted by molar-refractivity contribution is -0.122. The molecular weight excluding hydrogens is 859 g/mol. The third kappa shape index (κ3) is 16.9. The molecule has 5 aromatic carbocycles. The lowest BCUT2D eigenvalue weighted by Gasteiger charge is -2.09. The van der Waals surface area contributed by atoms with Crippen LogP contribution in [0.15, 0.2) is 226 Å². The number of nitrogens with zero attached hydrogens (tertiary/aromatic N) is 2. The summed E-state index contributed by atoms with van der Waals surface area (Å²) in [5.74, 6) is 1.41. The van der Waals surface area contributed by atoms with Gasteiger partial charge >= 0.3 is 0 Å². The average Bonchev–Trinajstić information content (AvgIpc) is 3.36. The highest BCUT2D eigenvalue weighted by molar-refractivity contribution is 5.90. The van der Waals surface area contributed by atoms with E-state index in [1.54, 1.807) is 60.9 Å². The van der Waals surface area contributed by atoms with Crippen molar-refractivity contribution in [2.24, 2.45) is 0 Å². The number of nitrogens with one attached hydrogen (secondary N) is 3. The molecule has 0 radical (unpaired) electrons. The van der Waals surface area contributed by atoms with E-state index in [0.717, 1.165) is 35.3 Å². The quantitative estimate of drug-likeness (QED) is 0.0868. The van der Waals surface area contributed by atoms with Crippen LogP contribution in [0.3, 0.4) is 0 Å². The Morgan fingerprint density at radius 1 is 0.500 bits per heavy atom. The van der Waals surface area contributed by atoms with E-state index in [1.165, 1.54) is 45.2 Å². The molecule has 0 bridgehead atoms. The second-order valence-electron chi connectivity index (χ2n) is 15.2. The zero-order chi connectivity index (χ0) is 47.8. The van der Waals surface area contributed by atoms with Crippen LogP contribution in [-0.4, -0.2) is 26.9 Å². The Hall–Kier alpha value is -8.84. The van der Waals surface area contributed by atoms with E-state index in [1.807, 2.05) is 91.0 Å². The number of aromatic nitrogens is 2. The molecule has 3 aromatic heterocycles. The fraction of sp³-hybridized carbons (Fsp3) is 0.127. The van der Waals surface area contributed by atoms with E-state index in [9.17, 15) is 28.8 Å². The molecule has 13 nitrogen and oxygen atoms in total. The summed E-state index contributed by atoms with van der Waals surface area (Å²) in [7, 11) is 0. The highest BCUT2D eigenvalue weighted by atomic mass is 16.5. The molecule has 0 spiro atoms. The third-order valence-corrected chi connectivity index (χ3v) is 10.0. The zero-order valence-electron chi connectivity index (χ0n) is 37.2. The van der Waals surface area contributed by atoms with Crippen LogP contribution in [0.5, 0.6) is 11.5 Å². The lowest BCUT2D eigenvalue weighted by Crippen LogP contribution is -2.31. The van der Waals surface area contributed by atoms with E-state index in [4.69, 9.17) is 9.15 Å². The van der Waals surface area contributed by atoms with Gasteiger partial charge in [0.15, 0.2) is 5.43 Å². The van der Waals surface area contributed by atoms with E-state index >= 15 is 0 Å². The second-order valence-corrected chi connectivity index (χ2v) is 15.2. The fourth-order valence-corrected chi connectivity index (χ4v) is 6.52. The van der Waals surface area contributed by atoms with Crippen molar-refractivity contribution >= 4 is 23.4 Å². The SMILES string of the molecule is O=C(CCCc1ccccc1)NCc1cc(=O)cco1.O=C(Cn1ccccc1=O)NCc1ccc(-c2ccccc2)cc1.O=C(Cn1ccccc1=O)Nc1ccc(Oc2ccccc2)cc1. The summed E-state index contributed by atoms with van der Waals surface area (Å²) < 4.78 is 13.5. The number of hydrogen-bond donors (Lipinski definition) is 3. The standard InChI is InChI=1S/C20H18N2O2.C19H16N2O3.C16H17NO3/c23-19(15-22-13-5-4-8-20(22)24)21-14-16-9-11-18(12-10-16)17-6-2-1-3-7-17;22-18(14-21-13-5-4-8-19(21)23)20-15-9-11-17(12-10-15)24-16-6-2-1-3-7-16;18-14-9-10-20-15(11-14)12-17-16(19)8-4-7-13-5-2-1-3-6-13/h1-13H,14-15H2,(H,21,23);1-13H,14H2,(H,20,22);1-3,5-6,9-11H,4,7-8,12H2,(H,17,19). The molecule has 0 atom stereocenters. The van der Waals surface area contributed by atoms with Crippen molar-refractivity contribution in [2.75, 3.05) is 5.32 Å². The van der Waals surface area contributed by atoms with Crippen LogP contribution in [0.2, 0.25) is 0 Å². The molecule has 3 N–H and O–H groups in total. The summed E-state index contributed by atoms with van der Waals surface area (Å²) in [4.78, 5) is 69.9. The van der Waals surface area contributed by atoms with Crippen molar-refractivity contribution in [3.8, 4) is 22.6 Å².